The van der Waals surface area contributed by atoms with Gasteiger partial charge in [0.25, 0.3) is 5.78 Å². The molecule has 0 bridgehead atoms. The highest BCUT2D eigenvalue weighted by atomic mass is 16.7. The van der Waals surface area contributed by atoms with E-state index in [-0.39, 0.29) is 11.3 Å². The van der Waals surface area contributed by atoms with E-state index in [4.69, 9.17) is 23.7 Å². The van der Waals surface area contributed by atoms with Crippen LogP contribution in [0.3, 0.4) is 0 Å². The molecule has 2 aliphatic rings. The topological polar surface area (TPSA) is 152 Å². The number of aryl methyl sites for hydroxylation is 1. The molecule has 0 radical (unpaired) electrons. The smallest absolute Gasteiger partial charge is 0.303 e. The maximum atomic E-state index is 13.0. The zero-order valence-corrected chi connectivity index (χ0v) is 19.8. The van der Waals surface area contributed by atoms with E-state index >= 15 is 0 Å². The summed E-state index contributed by atoms with van der Waals surface area (Å²) in [6.45, 7) is 5.71. The Kier molecular flexibility index (Phi) is 7.54. The van der Waals surface area contributed by atoms with E-state index in [9.17, 15) is 28.8 Å². The average molecular weight is 491 g/mol. The second-order valence-corrected chi connectivity index (χ2v) is 8.11. The first-order valence-corrected chi connectivity index (χ1v) is 10.7. The largest absolute Gasteiger partial charge is 0.463 e. The molecule has 188 valence electrons. The van der Waals surface area contributed by atoms with Crippen LogP contribution in [-0.4, -0.2) is 72.8 Å². The summed E-state index contributed by atoms with van der Waals surface area (Å²) in [6, 6.07) is 4.73. The standard InChI is InChI=1S/C23H25NO11/c1-10-6-7-16-15(8-10)18(29)22(30)24(16)23-21(34-14(5)28)20(33-13(4)27)19(32-12(3)26)17(35-23)9-31-11(2)25/h6-8,17,19-21,23H,9H2,1-5H3. The van der Waals surface area contributed by atoms with Crippen LogP contribution in [0.4, 0.5) is 5.69 Å². The van der Waals surface area contributed by atoms with Gasteiger partial charge in [0, 0.05) is 27.7 Å². The highest BCUT2D eigenvalue weighted by molar-refractivity contribution is 6.52. The van der Waals surface area contributed by atoms with Crippen molar-refractivity contribution in [1.82, 2.24) is 0 Å². The van der Waals surface area contributed by atoms with Crippen LogP contribution in [0.15, 0.2) is 18.2 Å². The third-order valence-electron chi connectivity index (χ3n) is 5.29. The second kappa shape index (κ2) is 10.2. The lowest BCUT2D eigenvalue weighted by molar-refractivity contribution is -0.251. The lowest BCUT2D eigenvalue weighted by atomic mass is 9.96. The van der Waals surface area contributed by atoms with Crippen molar-refractivity contribution in [1.29, 1.82) is 0 Å². The number of rotatable bonds is 6. The minimum absolute atomic E-state index is 0.114. The molecule has 0 N–H and O–H groups in total. The van der Waals surface area contributed by atoms with Gasteiger partial charge >= 0.3 is 29.8 Å². The van der Waals surface area contributed by atoms with Gasteiger partial charge in [0.05, 0.1) is 11.3 Å². The number of ether oxygens (including phenoxy) is 5. The molecule has 5 atom stereocenters. The molecule has 35 heavy (non-hydrogen) atoms. The van der Waals surface area contributed by atoms with E-state index in [2.05, 4.69) is 0 Å². The number of fused-ring (bicyclic) bond motifs is 1. The Morgan fingerprint density at radius 3 is 2.00 bits per heavy atom. The van der Waals surface area contributed by atoms with Gasteiger partial charge in [-0.05, 0) is 19.1 Å². The third-order valence-corrected chi connectivity index (χ3v) is 5.29. The molecule has 5 unspecified atom stereocenters. The summed E-state index contributed by atoms with van der Waals surface area (Å²) in [5.74, 6) is -4.86. The van der Waals surface area contributed by atoms with Crippen molar-refractivity contribution in [2.24, 2.45) is 0 Å². The summed E-state index contributed by atoms with van der Waals surface area (Å²) in [7, 11) is 0. The lowest BCUT2D eigenvalue weighted by Gasteiger charge is -2.46. The fraction of sp³-hybridized carbons (Fsp3) is 0.478. The zero-order valence-electron chi connectivity index (χ0n) is 19.8. The summed E-state index contributed by atoms with van der Waals surface area (Å²) in [5.41, 5.74) is 1.03. The van der Waals surface area contributed by atoms with Gasteiger partial charge in [0.2, 0.25) is 0 Å². The molecule has 0 aliphatic carbocycles. The molecular formula is C23H25NO11. The normalized spacial score (nSPS) is 25.5. The molecule has 0 aromatic heterocycles. The average Bonchev–Trinajstić information content (AvgIpc) is 2.98. The molecule has 2 heterocycles. The monoisotopic (exact) mass is 491 g/mol. The van der Waals surface area contributed by atoms with E-state index in [1.165, 1.54) is 12.1 Å². The highest BCUT2D eigenvalue weighted by Gasteiger charge is 2.56. The summed E-state index contributed by atoms with van der Waals surface area (Å²) in [4.78, 5) is 74.0. The lowest BCUT2D eigenvalue weighted by Crippen LogP contribution is -2.67. The van der Waals surface area contributed by atoms with E-state index in [0.717, 1.165) is 38.2 Å². The van der Waals surface area contributed by atoms with Crippen LogP contribution in [0.25, 0.3) is 0 Å². The van der Waals surface area contributed by atoms with Crippen molar-refractivity contribution in [3.63, 3.8) is 0 Å². The number of hydrogen-bond acceptors (Lipinski definition) is 11. The fourth-order valence-corrected chi connectivity index (χ4v) is 4.04. The minimum Gasteiger partial charge on any atom is -0.463 e. The minimum atomic E-state index is -1.50. The predicted molar refractivity (Wildman–Crippen MR) is 115 cm³/mol. The van der Waals surface area contributed by atoms with Gasteiger partial charge in [-0.25, -0.2) is 0 Å². The first-order chi connectivity index (χ1) is 16.4. The number of amides is 1. The Labute approximate surface area is 200 Å². The van der Waals surface area contributed by atoms with Crippen LogP contribution in [0.1, 0.15) is 43.6 Å². The molecule has 1 saturated heterocycles. The number of benzene rings is 1. The Balaban J connectivity index is 2.14. The Bertz CT molecular complexity index is 1080. The van der Waals surface area contributed by atoms with Crippen molar-refractivity contribution in [3.8, 4) is 0 Å². The molecule has 2 aliphatic heterocycles. The van der Waals surface area contributed by atoms with Crippen LogP contribution in [0, 0.1) is 6.92 Å². The Hall–Kier alpha value is -3.80. The molecule has 12 nitrogen and oxygen atoms in total. The number of hydrogen-bond donors (Lipinski definition) is 0. The summed E-state index contributed by atoms with van der Waals surface area (Å²) in [5, 5.41) is 0. The van der Waals surface area contributed by atoms with Crippen LogP contribution < -0.4 is 4.90 Å². The number of ketones is 1. The molecule has 1 fully saturated rings. The van der Waals surface area contributed by atoms with Crippen LogP contribution >= 0.6 is 0 Å². The predicted octanol–water partition coefficient (Wildman–Crippen LogP) is 0.607. The number of nitrogens with zero attached hydrogens (tertiary/aromatic N) is 1. The first kappa shape index (κ1) is 25.8. The maximum absolute atomic E-state index is 13.0. The van der Waals surface area contributed by atoms with Gasteiger partial charge in [-0.3, -0.25) is 33.7 Å². The van der Waals surface area contributed by atoms with Gasteiger partial charge in [-0.1, -0.05) is 11.6 Å². The third kappa shape index (κ3) is 5.48. The summed E-state index contributed by atoms with van der Waals surface area (Å²) >= 11 is 0. The number of esters is 4. The zero-order chi connectivity index (χ0) is 26.0. The van der Waals surface area contributed by atoms with Crippen molar-refractivity contribution in [2.45, 2.75) is 65.3 Å². The van der Waals surface area contributed by atoms with Crippen molar-refractivity contribution < 1.29 is 52.5 Å². The van der Waals surface area contributed by atoms with Crippen LogP contribution in [-0.2, 0) is 47.7 Å². The molecule has 12 heteroatoms. The van der Waals surface area contributed by atoms with E-state index in [1.807, 2.05) is 0 Å². The quantitative estimate of drug-likeness (QED) is 0.312. The van der Waals surface area contributed by atoms with Crippen LogP contribution in [0.5, 0.6) is 0 Å². The molecule has 1 amide bonds. The van der Waals surface area contributed by atoms with E-state index < -0.39 is 72.8 Å². The van der Waals surface area contributed by atoms with Gasteiger partial charge in [0.1, 0.15) is 12.7 Å². The molecule has 0 spiro atoms. The summed E-state index contributed by atoms with van der Waals surface area (Å²) in [6.07, 6.45) is -7.07. The number of anilines is 1. The van der Waals surface area contributed by atoms with E-state index in [1.54, 1.807) is 13.0 Å². The first-order valence-electron chi connectivity index (χ1n) is 10.7. The highest BCUT2D eigenvalue weighted by Crippen LogP contribution is 2.38. The van der Waals surface area contributed by atoms with Gasteiger partial charge in [0.15, 0.2) is 24.5 Å². The summed E-state index contributed by atoms with van der Waals surface area (Å²) < 4.78 is 27.1. The van der Waals surface area contributed by atoms with Gasteiger partial charge in [-0.15, -0.1) is 0 Å². The fourth-order valence-electron chi connectivity index (χ4n) is 4.04. The molecule has 3 rings (SSSR count). The van der Waals surface area contributed by atoms with Crippen molar-refractivity contribution in [3.05, 3.63) is 29.3 Å². The Morgan fingerprint density at radius 1 is 0.857 bits per heavy atom. The van der Waals surface area contributed by atoms with Crippen molar-refractivity contribution >= 4 is 41.3 Å². The Morgan fingerprint density at radius 2 is 1.43 bits per heavy atom. The molecule has 1 aromatic carbocycles. The van der Waals surface area contributed by atoms with Crippen LogP contribution in [0.2, 0.25) is 0 Å². The number of Topliss-reactive ketones (excluding diaryl/α,β-unsaturated/α-hetero) is 1. The van der Waals surface area contributed by atoms with E-state index in [0.29, 0.717) is 0 Å². The second-order valence-electron chi connectivity index (χ2n) is 8.11. The SMILES string of the molecule is CC(=O)OCC1OC(N2C(=O)C(=O)c3cc(C)ccc32)C(OC(C)=O)C(OC(C)=O)C1OC(C)=O. The van der Waals surface area contributed by atoms with Gasteiger partial charge in [-0.2, -0.15) is 0 Å². The van der Waals surface area contributed by atoms with Gasteiger partial charge < -0.3 is 23.7 Å². The molecule has 1 aromatic rings. The number of carbonyl (C=O) groups excluding carboxylic acids is 6. The molecular weight excluding hydrogens is 466 g/mol. The number of carbonyl (C=O) groups is 6. The van der Waals surface area contributed by atoms with Crippen molar-refractivity contribution in [2.75, 3.05) is 11.5 Å². The molecule has 0 saturated carbocycles. The maximum Gasteiger partial charge on any atom is 0.303 e.